The highest BCUT2D eigenvalue weighted by molar-refractivity contribution is 5.78. The summed E-state index contributed by atoms with van der Waals surface area (Å²) < 4.78 is 5.46. The van der Waals surface area contributed by atoms with E-state index < -0.39 is 0 Å². The third-order valence-electron chi connectivity index (χ3n) is 3.27. The van der Waals surface area contributed by atoms with Crippen LogP contribution in [0, 0.1) is 0 Å². The number of aliphatic hydroxyl groups excluding tert-OH is 1. The number of rotatable bonds is 10. The lowest BCUT2D eigenvalue weighted by Crippen LogP contribution is -2.37. The molecule has 1 rings (SSSR count). The summed E-state index contributed by atoms with van der Waals surface area (Å²) in [5.74, 6) is 0.393. The number of nitrogens with zero attached hydrogens (tertiary/aromatic N) is 1. The van der Waals surface area contributed by atoms with E-state index in [4.69, 9.17) is 15.6 Å². The van der Waals surface area contributed by atoms with Gasteiger partial charge in [0.15, 0.2) is 6.61 Å². The third kappa shape index (κ3) is 6.49. The molecule has 21 heavy (non-hydrogen) atoms. The highest BCUT2D eigenvalue weighted by atomic mass is 16.5. The number of para-hydroxylation sites is 2. The zero-order valence-electron chi connectivity index (χ0n) is 12.8. The minimum Gasteiger partial charge on any atom is -0.482 e. The van der Waals surface area contributed by atoms with Crippen LogP contribution < -0.4 is 10.5 Å². The summed E-state index contributed by atoms with van der Waals surface area (Å²) in [6.07, 6.45) is 4.37. The minimum absolute atomic E-state index is 0.0347. The molecule has 5 nitrogen and oxygen atoms in total. The molecule has 5 heteroatoms. The van der Waals surface area contributed by atoms with E-state index >= 15 is 0 Å². The Bertz CT molecular complexity index is 424. The predicted octanol–water partition coefficient (Wildman–Crippen LogP) is 2.05. The molecule has 0 aliphatic carbocycles. The van der Waals surface area contributed by atoms with Crippen molar-refractivity contribution in [1.82, 2.24) is 4.90 Å². The van der Waals surface area contributed by atoms with E-state index in [9.17, 15) is 4.79 Å². The van der Waals surface area contributed by atoms with E-state index in [0.717, 1.165) is 25.7 Å². The lowest BCUT2D eigenvalue weighted by Gasteiger charge is -2.22. The number of ether oxygens (including phenoxy) is 1. The monoisotopic (exact) mass is 294 g/mol. The molecular formula is C16H26N2O3. The van der Waals surface area contributed by atoms with Crippen LogP contribution >= 0.6 is 0 Å². The van der Waals surface area contributed by atoms with Crippen LogP contribution in [-0.4, -0.2) is 42.2 Å². The highest BCUT2D eigenvalue weighted by Crippen LogP contribution is 2.19. The molecule has 0 aliphatic rings. The van der Waals surface area contributed by atoms with E-state index in [2.05, 4.69) is 6.92 Å². The molecule has 0 aliphatic heterocycles. The number of unbranched alkanes of at least 4 members (excludes halogenated alkanes) is 3. The Kier molecular flexibility index (Phi) is 8.28. The van der Waals surface area contributed by atoms with Crippen molar-refractivity contribution < 1.29 is 14.6 Å². The second kappa shape index (κ2) is 10.0. The average Bonchev–Trinajstić information content (AvgIpc) is 2.49. The maximum absolute atomic E-state index is 12.1. The van der Waals surface area contributed by atoms with Gasteiger partial charge in [0.1, 0.15) is 5.75 Å². The van der Waals surface area contributed by atoms with Crippen molar-refractivity contribution in [2.24, 2.45) is 0 Å². The first-order valence-electron chi connectivity index (χ1n) is 7.55. The summed E-state index contributed by atoms with van der Waals surface area (Å²) in [6.45, 7) is 3.06. The van der Waals surface area contributed by atoms with E-state index in [1.807, 2.05) is 12.1 Å². The van der Waals surface area contributed by atoms with Crippen molar-refractivity contribution in [2.45, 2.75) is 32.6 Å². The Labute approximate surface area is 126 Å². The molecule has 1 amide bonds. The topological polar surface area (TPSA) is 75.8 Å². The molecule has 0 fully saturated rings. The van der Waals surface area contributed by atoms with Gasteiger partial charge < -0.3 is 20.5 Å². The largest absolute Gasteiger partial charge is 0.482 e. The molecule has 0 aromatic heterocycles. The van der Waals surface area contributed by atoms with Gasteiger partial charge in [0.25, 0.3) is 5.91 Å². The number of anilines is 1. The van der Waals surface area contributed by atoms with Crippen LogP contribution in [0.3, 0.4) is 0 Å². The van der Waals surface area contributed by atoms with Gasteiger partial charge in [-0.25, -0.2) is 0 Å². The molecule has 0 saturated carbocycles. The lowest BCUT2D eigenvalue weighted by atomic mass is 10.2. The van der Waals surface area contributed by atoms with Crippen LogP contribution in [0.1, 0.15) is 32.6 Å². The summed E-state index contributed by atoms with van der Waals surface area (Å²) in [4.78, 5) is 13.8. The van der Waals surface area contributed by atoms with Crippen LogP contribution in [0.25, 0.3) is 0 Å². The van der Waals surface area contributed by atoms with E-state index in [0.29, 0.717) is 24.5 Å². The molecule has 0 spiro atoms. The van der Waals surface area contributed by atoms with E-state index in [1.54, 1.807) is 17.0 Å². The zero-order valence-corrected chi connectivity index (χ0v) is 12.8. The fourth-order valence-corrected chi connectivity index (χ4v) is 2.05. The van der Waals surface area contributed by atoms with Crippen LogP contribution in [0.4, 0.5) is 5.69 Å². The van der Waals surface area contributed by atoms with Gasteiger partial charge in [0, 0.05) is 13.1 Å². The van der Waals surface area contributed by atoms with Crippen molar-refractivity contribution in [2.75, 3.05) is 32.0 Å². The maximum Gasteiger partial charge on any atom is 0.260 e. The first-order chi connectivity index (χ1) is 10.2. The molecule has 0 radical (unpaired) electrons. The molecule has 1 aromatic rings. The zero-order chi connectivity index (χ0) is 15.5. The SMILES string of the molecule is CCCCCCN(CCO)C(=O)COc1ccccc1N. The van der Waals surface area contributed by atoms with Gasteiger partial charge in [-0.05, 0) is 18.6 Å². The van der Waals surface area contributed by atoms with Crippen LogP contribution in [0.15, 0.2) is 24.3 Å². The summed E-state index contributed by atoms with van der Waals surface area (Å²) in [7, 11) is 0. The van der Waals surface area contributed by atoms with E-state index in [1.165, 1.54) is 0 Å². The summed E-state index contributed by atoms with van der Waals surface area (Å²) in [5, 5.41) is 9.06. The standard InChI is InChI=1S/C16H26N2O3/c1-2-3-4-7-10-18(11-12-19)16(20)13-21-15-9-6-5-8-14(15)17/h5-6,8-9,19H,2-4,7,10-13,17H2,1H3. The van der Waals surface area contributed by atoms with Gasteiger partial charge in [-0.3, -0.25) is 4.79 Å². The Hall–Kier alpha value is -1.75. The van der Waals surface area contributed by atoms with Gasteiger partial charge in [-0.1, -0.05) is 38.3 Å². The van der Waals surface area contributed by atoms with Crippen molar-refractivity contribution in [3.8, 4) is 5.75 Å². The third-order valence-corrected chi connectivity index (χ3v) is 3.27. The van der Waals surface area contributed by atoms with E-state index in [-0.39, 0.29) is 19.1 Å². The normalized spacial score (nSPS) is 10.4. The van der Waals surface area contributed by atoms with Gasteiger partial charge in [0.05, 0.1) is 12.3 Å². The first kappa shape index (κ1) is 17.3. The minimum atomic E-state index is -0.121. The Morgan fingerprint density at radius 2 is 2.00 bits per heavy atom. The van der Waals surface area contributed by atoms with Crippen molar-refractivity contribution in [3.05, 3.63) is 24.3 Å². The number of carbonyl (C=O) groups is 1. The Morgan fingerprint density at radius 1 is 1.24 bits per heavy atom. The number of hydrogen-bond acceptors (Lipinski definition) is 4. The number of aliphatic hydroxyl groups is 1. The number of nitrogens with two attached hydrogens (primary N) is 1. The van der Waals surface area contributed by atoms with Crippen LogP contribution in [0.2, 0.25) is 0 Å². The summed E-state index contributed by atoms with van der Waals surface area (Å²) >= 11 is 0. The molecular weight excluding hydrogens is 268 g/mol. The molecule has 0 unspecified atom stereocenters. The molecule has 1 aromatic carbocycles. The molecule has 0 bridgehead atoms. The molecule has 118 valence electrons. The van der Waals surface area contributed by atoms with Crippen LogP contribution in [-0.2, 0) is 4.79 Å². The second-order valence-corrected chi connectivity index (χ2v) is 4.99. The molecule has 0 heterocycles. The maximum atomic E-state index is 12.1. The Balaban J connectivity index is 2.43. The fourth-order valence-electron chi connectivity index (χ4n) is 2.05. The van der Waals surface area contributed by atoms with Gasteiger partial charge in [0.2, 0.25) is 0 Å². The number of nitrogen functional groups attached to an aromatic ring is 1. The number of hydrogen-bond donors (Lipinski definition) is 2. The summed E-state index contributed by atoms with van der Waals surface area (Å²) in [6, 6.07) is 7.10. The second-order valence-electron chi connectivity index (χ2n) is 4.99. The smallest absolute Gasteiger partial charge is 0.260 e. The van der Waals surface area contributed by atoms with Crippen molar-refractivity contribution in [1.29, 1.82) is 0 Å². The number of benzene rings is 1. The lowest BCUT2D eigenvalue weighted by molar-refractivity contribution is -0.134. The van der Waals surface area contributed by atoms with Crippen molar-refractivity contribution >= 4 is 11.6 Å². The first-order valence-corrected chi connectivity index (χ1v) is 7.55. The molecule has 0 atom stereocenters. The van der Waals surface area contributed by atoms with Crippen molar-refractivity contribution in [3.63, 3.8) is 0 Å². The molecule has 0 saturated heterocycles. The number of amides is 1. The molecule has 3 N–H and O–H groups in total. The quantitative estimate of drug-likeness (QED) is 0.511. The van der Waals surface area contributed by atoms with Gasteiger partial charge >= 0.3 is 0 Å². The van der Waals surface area contributed by atoms with Gasteiger partial charge in [-0.15, -0.1) is 0 Å². The fraction of sp³-hybridized carbons (Fsp3) is 0.562. The number of carbonyl (C=O) groups excluding carboxylic acids is 1. The highest BCUT2D eigenvalue weighted by Gasteiger charge is 2.13. The van der Waals surface area contributed by atoms with Gasteiger partial charge in [-0.2, -0.15) is 0 Å². The Morgan fingerprint density at radius 3 is 2.67 bits per heavy atom. The van der Waals surface area contributed by atoms with Crippen LogP contribution in [0.5, 0.6) is 5.75 Å². The summed E-state index contributed by atoms with van der Waals surface area (Å²) in [5.41, 5.74) is 6.28. The average molecular weight is 294 g/mol. The predicted molar refractivity (Wildman–Crippen MR) is 84.2 cm³/mol.